The van der Waals surface area contributed by atoms with Crippen molar-refractivity contribution in [2.75, 3.05) is 26.4 Å². The van der Waals surface area contributed by atoms with E-state index in [4.69, 9.17) is 9.47 Å². The van der Waals surface area contributed by atoms with Gasteiger partial charge in [-0.15, -0.1) is 0 Å². The van der Waals surface area contributed by atoms with Crippen molar-refractivity contribution in [3.8, 4) is 11.5 Å². The van der Waals surface area contributed by atoms with E-state index in [1.165, 1.54) is 30.5 Å². The lowest BCUT2D eigenvalue weighted by molar-refractivity contribution is 0.174. The first-order valence-electron chi connectivity index (χ1n) is 7.16. The predicted molar refractivity (Wildman–Crippen MR) is 74.9 cm³/mol. The van der Waals surface area contributed by atoms with Crippen molar-refractivity contribution < 1.29 is 9.47 Å². The van der Waals surface area contributed by atoms with Crippen LogP contribution in [0.15, 0.2) is 12.1 Å². The zero-order valence-electron chi connectivity index (χ0n) is 11.5. The summed E-state index contributed by atoms with van der Waals surface area (Å²) in [4.78, 5) is 0. The molecule has 1 saturated heterocycles. The van der Waals surface area contributed by atoms with Crippen molar-refractivity contribution >= 4 is 0 Å². The first-order valence-corrected chi connectivity index (χ1v) is 7.16. The lowest BCUT2D eigenvalue weighted by Gasteiger charge is -2.12. The van der Waals surface area contributed by atoms with E-state index in [0.717, 1.165) is 31.0 Å². The summed E-state index contributed by atoms with van der Waals surface area (Å²) in [5, 5.41) is 7.04. The van der Waals surface area contributed by atoms with Crippen LogP contribution in [-0.4, -0.2) is 32.5 Å². The summed E-state index contributed by atoms with van der Waals surface area (Å²) in [5.74, 6) is 1.77. The van der Waals surface area contributed by atoms with Crippen LogP contribution in [0.5, 0.6) is 11.5 Å². The van der Waals surface area contributed by atoms with E-state index >= 15 is 0 Å². The molecule has 0 amide bonds. The minimum Gasteiger partial charge on any atom is -0.454 e. The highest BCUT2D eigenvalue weighted by atomic mass is 16.7. The molecule has 1 unspecified atom stereocenters. The zero-order chi connectivity index (χ0) is 13.1. The second-order valence-corrected chi connectivity index (χ2v) is 5.38. The van der Waals surface area contributed by atoms with Gasteiger partial charge in [-0.1, -0.05) is 0 Å². The summed E-state index contributed by atoms with van der Waals surface area (Å²) in [6.07, 6.45) is 3.65. The quantitative estimate of drug-likeness (QED) is 0.791. The first kappa shape index (κ1) is 12.8. The van der Waals surface area contributed by atoms with E-state index in [-0.39, 0.29) is 0 Å². The third-order valence-electron chi connectivity index (χ3n) is 3.96. The van der Waals surface area contributed by atoms with Crippen molar-refractivity contribution in [3.05, 3.63) is 23.3 Å². The molecule has 4 nitrogen and oxygen atoms in total. The van der Waals surface area contributed by atoms with Gasteiger partial charge in [0.15, 0.2) is 11.5 Å². The Morgan fingerprint density at radius 1 is 1.32 bits per heavy atom. The highest BCUT2D eigenvalue weighted by Gasteiger charge is 2.16. The maximum atomic E-state index is 5.43. The lowest BCUT2D eigenvalue weighted by Crippen LogP contribution is -2.34. The van der Waals surface area contributed by atoms with Gasteiger partial charge in [0, 0.05) is 12.6 Å². The molecule has 2 N–H and O–H groups in total. The van der Waals surface area contributed by atoms with Gasteiger partial charge in [0.1, 0.15) is 0 Å². The Balaban J connectivity index is 1.49. The molecular formula is C15H22N2O2. The monoisotopic (exact) mass is 262 g/mol. The van der Waals surface area contributed by atoms with Crippen LogP contribution >= 0.6 is 0 Å². The molecular weight excluding hydrogens is 240 g/mol. The van der Waals surface area contributed by atoms with Crippen LogP contribution in [0.3, 0.4) is 0 Å². The number of benzene rings is 1. The molecule has 1 aromatic rings. The molecule has 104 valence electrons. The summed E-state index contributed by atoms with van der Waals surface area (Å²) in [5.41, 5.74) is 2.63. The van der Waals surface area contributed by atoms with E-state index in [9.17, 15) is 0 Å². The van der Waals surface area contributed by atoms with Crippen molar-refractivity contribution in [1.82, 2.24) is 10.6 Å². The molecule has 0 spiro atoms. The van der Waals surface area contributed by atoms with Gasteiger partial charge >= 0.3 is 0 Å². The molecule has 0 saturated carbocycles. The maximum Gasteiger partial charge on any atom is 0.231 e. The Morgan fingerprint density at radius 3 is 2.95 bits per heavy atom. The van der Waals surface area contributed by atoms with Gasteiger partial charge in [0.25, 0.3) is 0 Å². The fourth-order valence-corrected chi connectivity index (χ4v) is 2.79. The number of aryl methyl sites for hydroxylation is 1. The second kappa shape index (κ2) is 5.80. The smallest absolute Gasteiger partial charge is 0.231 e. The summed E-state index contributed by atoms with van der Waals surface area (Å²) in [7, 11) is 0. The summed E-state index contributed by atoms with van der Waals surface area (Å²) in [6.45, 7) is 5.75. The fraction of sp³-hybridized carbons (Fsp3) is 0.600. The highest BCUT2D eigenvalue weighted by molar-refractivity contribution is 5.48. The van der Waals surface area contributed by atoms with Crippen LogP contribution in [-0.2, 0) is 6.42 Å². The standard InChI is InChI=1S/C15H22N2O2/c1-11-7-14-15(19-10-18-14)8-12(11)4-6-16-9-13-3-2-5-17-13/h7-8,13,16-17H,2-6,9-10H2,1H3. The van der Waals surface area contributed by atoms with Crippen LogP contribution in [0, 0.1) is 6.92 Å². The van der Waals surface area contributed by atoms with Gasteiger partial charge in [-0.3, -0.25) is 0 Å². The fourth-order valence-electron chi connectivity index (χ4n) is 2.79. The minimum absolute atomic E-state index is 0.351. The number of fused-ring (bicyclic) bond motifs is 1. The largest absolute Gasteiger partial charge is 0.454 e. The van der Waals surface area contributed by atoms with Crippen LogP contribution in [0.25, 0.3) is 0 Å². The van der Waals surface area contributed by atoms with Crippen molar-refractivity contribution in [1.29, 1.82) is 0 Å². The zero-order valence-corrected chi connectivity index (χ0v) is 11.5. The third kappa shape index (κ3) is 3.01. The third-order valence-corrected chi connectivity index (χ3v) is 3.96. The molecule has 19 heavy (non-hydrogen) atoms. The summed E-state index contributed by atoms with van der Waals surface area (Å²) >= 11 is 0. The average Bonchev–Trinajstić information content (AvgIpc) is 3.05. The van der Waals surface area contributed by atoms with Gasteiger partial charge in [-0.25, -0.2) is 0 Å². The summed E-state index contributed by atoms with van der Waals surface area (Å²) < 4.78 is 10.8. The molecule has 3 rings (SSSR count). The molecule has 0 bridgehead atoms. The van der Waals surface area contributed by atoms with Crippen LogP contribution in [0.2, 0.25) is 0 Å². The molecule has 0 radical (unpaired) electrons. The molecule has 2 aliphatic heterocycles. The SMILES string of the molecule is Cc1cc2c(cc1CCNCC1CCCN1)OCO2. The molecule has 2 heterocycles. The van der Waals surface area contributed by atoms with E-state index < -0.39 is 0 Å². The Labute approximate surface area is 114 Å². The van der Waals surface area contributed by atoms with E-state index in [1.54, 1.807) is 0 Å². The van der Waals surface area contributed by atoms with Crippen LogP contribution in [0.1, 0.15) is 24.0 Å². The molecule has 0 aliphatic carbocycles. The maximum absolute atomic E-state index is 5.43. The molecule has 0 aromatic heterocycles. The number of ether oxygens (including phenoxy) is 2. The molecule has 1 aromatic carbocycles. The van der Waals surface area contributed by atoms with E-state index in [0.29, 0.717) is 12.8 Å². The minimum atomic E-state index is 0.351. The number of hydrogen-bond donors (Lipinski definition) is 2. The van der Waals surface area contributed by atoms with Gasteiger partial charge in [0.2, 0.25) is 6.79 Å². The summed E-state index contributed by atoms with van der Waals surface area (Å²) in [6, 6.07) is 4.86. The first-order chi connectivity index (χ1) is 9.33. The number of hydrogen-bond acceptors (Lipinski definition) is 4. The van der Waals surface area contributed by atoms with Gasteiger partial charge in [-0.2, -0.15) is 0 Å². The molecule has 4 heteroatoms. The van der Waals surface area contributed by atoms with Crippen LogP contribution in [0.4, 0.5) is 0 Å². The van der Waals surface area contributed by atoms with Gasteiger partial charge in [-0.05, 0) is 62.5 Å². The second-order valence-electron chi connectivity index (χ2n) is 5.38. The van der Waals surface area contributed by atoms with E-state index in [2.05, 4.69) is 29.7 Å². The topological polar surface area (TPSA) is 42.5 Å². The highest BCUT2D eigenvalue weighted by Crippen LogP contribution is 2.34. The Bertz CT molecular complexity index is 442. The van der Waals surface area contributed by atoms with E-state index in [1.807, 2.05) is 0 Å². The molecule has 1 atom stereocenters. The lowest BCUT2D eigenvalue weighted by atomic mass is 10.0. The number of nitrogens with one attached hydrogen (secondary N) is 2. The van der Waals surface area contributed by atoms with Crippen molar-refractivity contribution in [2.24, 2.45) is 0 Å². The molecule has 1 fully saturated rings. The Morgan fingerprint density at radius 2 is 2.16 bits per heavy atom. The number of rotatable bonds is 5. The van der Waals surface area contributed by atoms with Crippen molar-refractivity contribution in [3.63, 3.8) is 0 Å². The average molecular weight is 262 g/mol. The predicted octanol–water partition coefficient (Wildman–Crippen LogP) is 1.61. The normalized spacial score (nSPS) is 21.0. The van der Waals surface area contributed by atoms with Gasteiger partial charge in [0.05, 0.1) is 0 Å². The Hall–Kier alpha value is -1.26. The molecule has 2 aliphatic rings. The van der Waals surface area contributed by atoms with Gasteiger partial charge < -0.3 is 20.1 Å². The van der Waals surface area contributed by atoms with Crippen molar-refractivity contribution in [2.45, 2.75) is 32.2 Å². The Kier molecular flexibility index (Phi) is 3.89. The van der Waals surface area contributed by atoms with Crippen LogP contribution < -0.4 is 20.1 Å².